The fourth-order valence-corrected chi connectivity index (χ4v) is 5.71. The molecule has 0 saturated carbocycles. The van der Waals surface area contributed by atoms with Crippen molar-refractivity contribution in [3.05, 3.63) is 87.0 Å². The smallest absolute Gasteiger partial charge is 0.338 e. The second-order valence-corrected chi connectivity index (χ2v) is 11.4. The van der Waals surface area contributed by atoms with E-state index in [1.54, 1.807) is 50.2 Å². The molecule has 2 aliphatic rings. The summed E-state index contributed by atoms with van der Waals surface area (Å²) >= 11 is 8.90. The van der Waals surface area contributed by atoms with Gasteiger partial charge in [0.1, 0.15) is 12.4 Å². The van der Waals surface area contributed by atoms with Crippen molar-refractivity contribution in [3.63, 3.8) is 0 Å². The number of benzene rings is 3. The predicted octanol–water partition coefficient (Wildman–Crippen LogP) is 5.04. The Morgan fingerprint density at radius 2 is 1.85 bits per heavy atom. The number of hydrogen-bond acceptors (Lipinski definition) is 10. The van der Waals surface area contributed by atoms with Crippen molar-refractivity contribution in [1.29, 1.82) is 0 Å². The maximum absolute atomic E-state index is 12.8. The summed E-state index contributed by atoms with van der Waals surface area (Å²) in [5, 5.41) is 10.5. The predicted molar refractivity (Wildman–Crippen MR) is 181 cm³/mol. The normalized spacial score (nSPS) is 15.1. The molecule has 0 radical (unpaired) electrons. The molecule has 12 nitrogen and oxygen atoms in total. The van der Waals surface area contributed by atoms with Crippen LogP contribution in [-0.4, -0.2) is 49.8 Å². The largest absolute Gasteiger partial charge is 0.490 e. The summed E-state index contributed by atoms with van der Waals surface area (Å²) in [5.41, 5.74) is 5.59. The zero-order chi connectivity index (χ0) is 33.3. The number of allylic oxidation sites excluding steroid dienone is 1. The minimum absolute atomic E-state index is 0.201. The van der Waals surface area contributed by atoms with Gasteiger partial charge >= 0.3 is 5.97 Å². The van der Waals surface area contributed by atoms with Gasteiger partial charge in [0.05, 0.1) is 35.5 Å². The number of hydrazone groups is 1. The van der Waals surface area contributed by atoms with Crippen LogP contribution in [0.5, 0.6) is 28.7 Å². The van der Waals surface area contributed by atoms with Crippen LogP contribution in [0, 0.1) is 0 Å². The van der Waals surface area contributed by atoms with E-state index in [9.17, 15) is 9.59 Å². The number of fused-ring (bicyclic) bond motifs is 1. The number of nitrogens with one attached hydrogen (secondary N) is 3. The molecule has 1 amide bonds. The summed E-state index contributed by atoms with van der Waals surface area (Å²) in [6, 6.07) is 15.6. The summed E-state index contributed by atoms with van der Waals surface area (Å²) in [5.74, 6) is 1.83. The Morgan fingerprint density at radius 1 is 1.04 bits per heavy atom. The molecule has 0 unspecified atom stereocenters. The number of nitrogens with zero attached hydrogens (tertiary/aromatic N) is 1. The molecule has 2 heterocycles. The van der Waals surface area contributed by atoms with Crippen LogP contribution in [0.1, 0.15) is 43.5 Å². The molecular weight excluding hydrogens is 692 g/mol. The molecule has 0 aromatic heterocycles. The number of carbonyl (C=O) groups is 2. The molecule has 246 valence electrons. The van der Waals surface area contributed by atoms with E-state index in [2.05, 4.69) is 37.1 Å². The lowest BCUT2D eigenvalue weighted by Gasteiger charge is -2.30. The van der Waals surface area contributed by atoms with E-state index >= 15 is 0 Å². The minimum Gasteiger partial charge on any atom is -0.490 e. The van der Waals surface area contributed by atoms with Crippen LogP contribution in [0.25, 0.3) is 0 Å². The lowest BCUT2D eigenvalue weighted by atomic mass is 9.95. The number of amides is 1. The minimum atomic E-state index is -0.637. The van der Waals surface area contributed by atoms with Gasteiger partial charge in [-0.2, -0.15) is 5.10 Å². The summed E-state index contributed by atoms with van der Waals surface area (Å²) in [6.45, 7) is 6.14. The molecule has 0 bridgehead atoms. The zero-order valence-electron chi connectivity index (χ0n) is 25.9. The third-order valence-electron chi connectivity index (χ3n) is 6.91. The topological polar surface area (TPSA) is 138 Å². The van der Waals surface area contributed by atoms with Gasteiger partial charge in [0.2, 0.25) is 6.79 Å². The Balaban J connectivity index is 1.22. The van der Waals surface area contributed by atoms with E-state index < -0.39 is 17.9 Å². The van der Waals surface area contributed by atoms with Gasteiger partial charge in [0.25, 0.3) is 5.91 Å². The van der Waals surface area contributed by atoms with Crippen molar-refractivity contribution in [1.82, 2.24) is 16.1 Å². The van der Waals surface area contributed by atoms with Crippen molar-refractivity contribution in [2.24, 2.45) is 5.10 Å². The Bertz CT molecular complexity index is 1730. The molecule has 3 aromatic carbocycles. The highest BCUT2D eigenvalue weighted by Gasteiger charge is 2.32. The van der Waals surface area contributed by atoms with E-state index in [0.717, 1.165) is 5.56 Å². The summed E-state index contributed by atoms with van der Waals surface area (Å²) in [7, 11) is 0. The molecule has 47 heavy (non-hydrogen) atoms. The second kappa shape index (κ2) is 15.6. The highest BCUT2D eigenvalue weighted by Crippen LogP contribution is 2.38. The third kappa shape index (κ3) is 8.32. The van der Waals surface area contributed by atoms with Crippen LogP contribution in [-0.2, 0) is 20.9 Å². The third-order valence-corrected chi connectivity index (χ3v) is 7.72. The van der Waals surface area contributed by atoms with E-state index in [-0.39, 0.29) is 26.6 Å². The van der Waals surface area contributed by atoms with Gasteiger partial charge in [-0.1, -0.05) is 24.3 Å². The van der Waals surface area contributed by atoms with Crippen LogP contribution in [0.3, 0.4) is 0 Å². The van der Waals surface area contributed by atoms with E-state index in [0.29, 0.717) is 67.3 Å². The Hall–Kier alpha value is -4.82. The van der Waals surface area contributed by atoms with Gasteiger partial charge in [0.15, 0.2) is 34.7 Å². The van der Waals surface area contributed by atoms with Crippen LogP contribution in [0.2, 0.25) is 0 Å². The monoisotopic (exact) mass is 724 g/mol. The van der Waals surface area contributed by atoms with Crippen molar-refractivity contribution in [3.8, 4) is 28.7 Å². The number of halogens is 1. The Labute approximate surface area is 285 Å². The molecule has 5 rings (SSSR count). The summed E-state index contributed by atoms with van der Waals surface area (Å²) in [4.78, 5) is 25.5. The van der Waals surface area contributed by atoms with E-state index in [1.807, 2.05) is 25.1 Å². The van der Waals surface area contributed by atoms with E-state index in [1.165, 1.54) is 6.21 Å². The first-order valence-electron chi connectivity index (χ1n) is 14.7. The fraction of sp³-hybridized carbons (Fsp3) is 0.273. The number of para-hydroxylation sites is 1. The average molecular weight is 726 g/mol. The Morgan fingerprint density at radius 3 is 2.66 bits per heavy atom. The number of thiocarbonyl (C=S) groups is 1. The molecular formula is C33H33BrN4O8S. The highest BCUT2D eigenvalue weighted by atomic mass is 79.9. The molecule has 3 aromatic rings. The maximum atomic E-state index is 12.8. The molecule has 1 atom stereocenters. The van der Waals surface area contributed by atoms with Gasteiger partial charge in [-0.25, -0.2) is 10.2 Å². The van der Waals surface area contributed by atoms with Gasteiger partial charge in [-0.3, -0.25) is 4.79 Å². The standard InChI is InChI=1S/C33H33BrN4O8S/c1-4-41-27-14-21(12-23(34)31(27)44-16-20-10-11-25-26(13-20)46-18-45-25)15-35-38-28(39)17-43-24-9-7-6-8-22(24)30-29(32(40)42-5-2)19(3)36-33(47)37-30/h6-15,30H,4-5,16-18H2,1-3H3,(H,38,39)(H2,36,37,47)/t30-/m1/s1. The van der Waals surface area contributed by atoms with Crippen LogP contribution >= 0.6 is 28.1 Å². The van der Waals surface area contributed by atoms with Crippen LogP contribution < -0.4 is 39.7 Å². The highest BCUT2D eigenvalue weighted by molar-refractivity contribution is 9.10. The molecule has 0 spiro atoms. The summed E-state index contributed by atoms with van der Waals surface area (Å²) < 4.78 is 34.5. The van der Waals surface area contributed by atoms with Gasteiger partial charge in [-0.15, -0.1) is 0 Å². The van der Waals surface area contributed by atoms with Crippen molar-refractivity contribution >= 4 is 51.4 Å². The quantitative estimate of drug-likeness (QED) is 0.0946. The molecule has 0 fully saturated rings. The van der Waals surface area contributed by atoms with Crippen LogP contribution in [0.4, 0.5) is 0 Å². The molecule has 0 aliphatic carbocycles. The van der Waals surface area contributed by atoms with Gasteiger partial charge in [0, 0.05) is 11.3 Å². The van der Waals surface area contributed by atoms with E-state index in [4.69, 9.17) is 40.6 Å². The van der Waals surface area contributed by atoms with Gasteiger partial charge < -0.3 is 39.1 Å². The molecule has 3 N–H and O–H groups in total. The Kier molecular flexibility index (Phi) is 11.2. The molecule has 2 aliphatic heterocycles. The van der Waals surface area contributed by atoms with Gasteiger partial charge in [-0.05, 0) is 90.4 Å². The number of ether oxygens (including phenoxy) is 6. The first-order chi connectivity index (χ1) is 22.8. The number of hydrogen-bond donors (Lipinski definition) is 3. The second-order valence-electron chi connectivity index (χ2n) is 10.1. The summed E-state index contributed by atoms with van der Waals surface area (Å²) in [6.07, 6.45) is 1.49. The SMILES string of the molecule is CCOC(=O)C1=C(C)NC(=S)N[C@@H]1c1ccccc1OCC(=O)NN=Cc1cc(Br)c(OCc2ccc3c(c2)OCO3)c(OCC)c1. The zero-order valence-corrected chi connectivity index (χ0v) is 28.3. The number of carbonyl (C=O) groups excluding carboxylic acids is 2. The molecule has 0 saturated heterocycles. The van der Waals surface area contributed by atoms with Crippen molar-refractivity contribution in [2.45, 2.75) is 33.4 Å². The van der Waals surface area contributed by atoms with Crippen LogP contribution in [0.15, 0.2) is 75.4 Å². The fourth-order valence-electron chi connectivity index (χ4n) is 4.86. The first kappa shape index (κ1) is 33.5. The lowest BCUT2D eigenvalue weighted by Crippen LogP contribution is -2.45. The van der Waals surface area contributed by atoms with Crippen molar-refractivity contribution in [2.75, 3.05) is 26.6 Å². The first-order valence-corrected chi connectivity index (χ1v) is 15.9. The molecule has 14 heteroatoms. The maximum Gasteiger partial charge on any atom is 0.338 e. The lowest BCUT2D eigenvalue weighted by molar-refractivity contribution is -0.139. The van der Waals surface area contributed by atoms with Crippen molar-refractivity contribution < 1.29 is 38.0 Å². The number of esters is 1. The average Bonchev–Trinajstić information content (AvgIpc) is 3.51. The number of rotatable bonds is 13.